The van der Waals surface area contributed by atoms with E-state index in [4.69, 9.17) is 10.4 Å². The number of rotatable bonds is 3. The van der Waals surface area contributed by atoms with E-state index < -0.39 is 23.9 Å². The lowest BCUT2D eigenvalue weighted by Gasteiger charge is -2.15. The zero-order valence-corrected chi connectivity index (χ0v) is 7.58. The Hall–Kier alpha value is -1.96. The summed E-state index contributed by atoms with van der Waals surface area (Å²) in [5.74, 6) is -5.12. The van der Waals surface area contributed by atoms with E-state index >= 15 is 0 Å². The summed E-state index contributed by atoms with van der Waals surface area (Å²) in [5, 5.41) is 16.9. The fourth-order valence-corrected chi connectivity index (χ4v) is 1.18. The van der Waals surface area contributed by atoms with Crippen molar-refractivity contribution in [2.75, 3.05) is 0 Å². The number of nitrogens with zero attached hydrogens (tertiary/aromatic N) is 1. The maximum Gasteiger partial charge on any atom is 0.309 e. The van der Waals surface area contributed by atoms with Crippen LogP contribution in [0.5, 0.6) is 0 Å². The second kappa shape index (κ2) is 4.05. The Kier molecular flexibility index (Phi) is 3.00. The summed E-state index contributed by atoms with van der Waals surface area (Å²) in [6.07, 6.45) is -1.31. The molecule has 0 aliphatic heterocycles. The Morgan fingerprint density at radius 3 is 2.60 bits per heavy atom. The molecule has 0 saturated carbocycles. The Morgan fingerprint density at radius 2 is 2.07 bits per heavy atom. The second-order valence-electron chi connectivity index (χ2n) is 2.93. The molecule has 0 heterocycles. The van der Waals surface area contributed by atoms with Crippen LogP contribution in [0.15, 0.2) is 24.3 Å². The van der Waals surface area contributed by atoms with Gasteiger partial charge in [0.2, 0.25) is 0 Å². The van der Waals surface area contributed by atoms with Gasteiger partial charge in [-0.3, -0.25) is 4.79 Å². The minimum absolute atomic E-state index is 0.205. The van der Waals surface area contributed by atoms with Gasteiger partial charge in [-0.15, -0.1) is 0 Å². The highest BCUT2D eigenvalue weighted by Crippen LogP contribution is 2.33. The molecule has 78 valence electrons. The SMILES string of the molecule is N#Cc1ccccc1C(F)(F)CC(=O)O. The van der Waals surface area contributed by atoms with Crippen LogP contribution in [0.1, 0.15) is 17.5 Å². The van der Waals surface area contributed by atoms with Crippen LogP contribution in [0, 0.1) is 11.3 Å². The Balaban J connectivity index is 3.15. The molecule has 0 amide bonds. The van der Waals surface area contributed by atoms with Gasteiger partial charge in [0.25, 0.3) is 5.92 Å². The molecule has 0 aliphatic rings. The number of carbonyl (C=O) groups is 1. The van der Waals surface area contributed by atoms with Gasteiger partial charge in [0.1, 0.15) is 6.42 Å². The summed E-state index contributed by atoms with van der Waals surface area (Å²) in [7, 11) is 0. The third-order valence-corrected chi connectivity index (χ3v) is 1.81. The number of carboxylic acid groups (broad SMARTS) is 1. The highest BCUT2D eigenvalue weighted by atomic mass is 19.3. The molecule has 0 aliphatic carbocycles. The molecule has 0 unspecified atom stereocenters. The van der Waals surface area contributed by atoms with E-state index in [1.54, 1.807) is 6.07 Å². The lowest BCUT2D eigenvalue weighted by Crippen LogP contribution is -2.19. The van der Waals surface area contributed by atoms with Crippen molar-refractivity contribution in [3.05, 3.63) is 35.4 Å². The van der Waals surface area contributed by atoms with Gasteiger partial charge in [0.15, 0.2) is 0 Å². The van der Waals surface area contributed by atoms with Crippen molar-refractivity contribution in [1.82, 2.24) is 0 Å². The van der Waals surface area contributed by atoms with E-state index in [1.807, 2.05) is 0 Å². The highest BCUT2D eigenvalue weighted by Gasteiger charge is 2.36. The summed E-state index contributed by atoms with van der Waals surface area (Å²) < 4.78 is 26.6. The van der Waals surface area contributed by atoms with Crippen LogP contribution < -0.4 is 0 Å². The normalized spacial score (nSPS) is 10.7. The standard InChI is InChI=1S/C10H7F2NO2/c11-10(12,5-9(14)15)8-4-2-1-3-7(8)6-13/h1-4H,5H2,(H,14,15). The second-order valence-corrected chi connectivity index (χ2v) is 2.93. The first kappa shape index (κ1) is 11.1. The lowest BCUT2D eigenvalue weighted by molar-refractivity contribution is -0.145. The minimum Gasteiger partial charge on any atom is -0.481 e. The van der Waals surface area contributed by atoms with E-state index in [2.05, 4.69) is 0 Å². The summed E-state index contributed by atoms with van der Waals surface area (Å²) in [5.41, 5.74) is -0.751. The van der Waals surface area contributed by atoms with Gasteiger partial charge < -0.3 is 5.11 Å². The third kappa shape index (κ3) is 2.50. The maximum atomic E-state index is 13.3. The molecule has 0 bridgehead atoms. The predicted molar refractivity (Wildman–Crippen MR) is 47.3 cm³/mol. The van der Waals surface area contributed by atoms with E-state index in [0.717, 1.165) is 6.07 Å². The fraction of sp³-hybridized carbons (Fsp3) is 0.200. The van der Waals surface area contributed by atoms with Crippen LogP contribution >= 0.6 is 0 Å². The van der Waals surface area contributed by atoms with Crippen molar-refractivity contribution in [2.45, 2.75) is 12.3 Å². The first-order valence-electron chi connectivity index (χ1n) is 4.06. The van der Waals surface area contributed by atoms with E-state index in [0.29, 0.717) is 0 Å². The highest BCUT2D eigenvalue weighted by molar-refractivity contribution is 5.68. The molecule has 0 aromatic heterocycles. The van der Waals surface area contributed by atoms with Gasteiger partial charge in [0, 0.05) is 5.56 Å². The summed E-state index contributed by atoms with van der Waals surface area (Å²) in [6.45, 7) is 0. The number of carboxylic acids is 1. The summed E-state index contributed by atoms with van der Waals surface area (Å²) in [4.78, 5) is 10.2. The minimum atomic E-state index is -3.52. The molecule has 1 aromatic rings. The molecule has 0 fully saturated rings. The molecule has 3 nitrogen and oxygen atoms in total. The van der Waals surface area contributed by atoms with E-state index in [1.165, 1.54) is 18.2 Å². The maximum absolute atomic E-state index is 13.3. The molecule has 15 heavy (non-hydrogen) atoms. The number of hydrogen-bond acceptors (Lipinski definition) is 2. The van der Waals surface area contributed by atoms with Gasteiger partial charge in [-0.2, -0.15) is 5.26 Å². The number of nitriles is 1. The Labute approximate surface area is 84.6 Å². The first-order chi connectivity index (χ1) is 6.97. The number of alkyl halides is 2. The molecular formula is C10H7F2NO2. The molecule has 0 radical (unpaired) electrons. The van der Waals surface area contributed by atoms with Crippen molar-refractivity contribution in [2.24, 2.45) is 0 Å². The van der Waals surface area contributed by atoms with E-state index in [-0.39, 0.29) is 5.56 Å². The van der Waals surface area contributed by atoms with Crippen LogP contribution in [0.2, 0.25) is 0 Å². The Bertz CT molecular complexity index is 424. The largest absolute Gasteiger partial charge is 0.481 e. The summed E-state index contributed by atoms with van der Waals surface area (Å²) in [6, 6.07) is 6.67. The quantitative estimate of drug-likeness (QED) is 0.832. The number of benzene rings is 1. The van der Waals surface area contributed by atoms with E-state index in [9.17, 15) is 13.6 Å². The Morgan fingerprint density at radius 1 is 1.47 bits per heavy atom. The van der Waals surface area contributed by atoms with Gasteiger partial charge in [0.05, 0.1) is 11.6 Å². The first-order valence-corrected chi connectivity index (χ1v) is 4.06. The van der Waals surface area contributed by atoms with Crippen LogP contribution in [0.4, 0.5) is 8.78 Å². The topological polar surface area (TPSA) is 61.1 Å². The number of halogens is 2. The van der Waals surface area contributed by atoms with Crippen molar-refractivity contribution >= 4 is 5.97 Å². The fourth-order valence-electron chi connectivity index (χ4n) is 1.18. The third-order valence-electron chi connectivity index (χ3n) is 1.81. The molecule has 1 aromatic carbocycles. The molecule has 0 saturated heterocycles. The van der Waals surface area contributed by atoms with Crippen molar-refractivity contribution < 1.29 is 18.7 Å². The van der Waals surface area contributed by atoms with Crippen molar-refractivity contribution in [3.63, 3.8) is 0 Å². The monoisotopic (exact) mass is 211 g/mol. The molecule has 1 N–H and O–H groups in total. The zero-order valence-electron chi connectivity index (χ0n) is 7.58. The lowest BCUT2D eigenvalue weighted by atomic mass is 10.0. The van der Waals surface area contributed by atoms with Crippen LogP contribution in [-0.2, 0) is 10.7 Å². The van der Waals surface area contributed by atoms with Crippen LogP contribution in [-0.4, -0.2) is 11.1 Å². The van der Waals surface area contributed by atoms with Gasteiger partial charge in [-0.25, -0.2) is 8.78 Å². The molecule has 5 heteroatoms. The molecule has 0 spiro atoms. The van der Waals surface area contributed by atoms with Crippen LogP contribution in [0.25, 0.3) is 0 Å². The number of aliphatic carboxylic acids is 1. The van der Waals surface area contributed by atoms with Crippen molar-refractivity contribution in [3.8, 4) is 6.07 Å². The zero-order chi connectivity index (χ0) is 11.5. The van der Waals surface area contributed by atoms with Gasteiger partial charge in [-0.05, 0) is 6.07 Å². The summed E-state index contributed by atoms with van der Waals surface area (Å²) >= 11 is 0. The average molecular weight is 211 g/mol. The van der Waals surface area contributed by atoms with Gasteiger partial charge >= 0.3 is 5.97 Å². The molecule has 0 atom stereocenters. The number of hydrogen-bond donors (Lipinski definition) is 1. The molecule has 1 rings (SSSR count). The van der Waals surface area contributed by atoms with Crippen molar-refractivity contribution in [1.29, 1.82) is 5.26 Å². The van der Waals surface area contributed by atoms with Gasteiger partial charge in [-0.1, -0.05) is 18.2 Å². The predicted octanol–water partition coefficient (Wildman–Crippen LogP) is 2.12. The molecular weight excluding hydrogens is 204 g/mol. The smallest absolute Gasteiger partial charge is 0.309 e. The average Bonchev–Trinajstić information content (AvgIpc) is 2.16. The van der Waals surface area contributed by atoms with Crippen LogP contribution in [0.3, 0.4) is 0 Å².